The van der Waals surface area contributed by atoms with Gasteiger partial charge in [-0.05, 0) is 12.2 Å². The van der Waals surface area contributed by atoms with Crippen LogP contribution >= 0.6 is 23.2 Å². The van der Waals surface area contributed by atoms with Crippen molar-refractivity contribution in [1.82, 2.24) is 0 Å². The predicted molar refractivity (Wildman–Crippen MR) is 73.5 cm³/mol. The van der Waals surface area contributed by atoms with Gasteiger partial charge in [0.1, 0.15) is 5.66 Å². The van der Waals surface area contributed by atoms with Crippen LogP contribution < -0.4 is 11.5 Å². The van der Waals surface area contributed by atoms with Gasteiger partial charge in [-0.1, -0.05) is 59.6 Å². The molecule has 1 aromatic carbocycles. The Morgan fingerprint density at radius 3 is 2.28 bits per heavy atom. The van der Waals surface area contributed by atoms with Gasteiger partial charge in [0.25, 0.3) is 0 Å². The van der Waals surface area contributed by atoms with Crippen LogP contribution in [0.15, 0.2) is 54.1 Å². The maximum Gasteiger partial charge on any atom is 0.192 e. The van der Waals surface area contributed by atoms with Gasteiger partial charge in [-0.2, -0.15) is 0 Å². The average Bonchev–Trinajstić information content (AvgIpc) is 2.33. The summed E-state index contributed by atoms with van der Waals surface area (Å²) in [6.45, 7) is 0. The smallest absolute Gasteiger partial charge is 0.192 e. The summed E-state index contributed by atoms with van der Waals surface area (Å²) in [7, 11) is 0. The number of carbonyl (C=O) groups is 1. The molecule has 0 aromatic heterocycles. The van der Waals surface area contributed by atoms with Crippen LogP contribution in [0.1, 0.15) is 10.4 Å². The molecule has 0 atom stereocenters. The Balaban J connectivity index is 2.35. The lowest BCUT2D eigenvalue weighted by Crippen LogP contribution is -2.60. The van der Waals surface area contributed by atoms with E-state index in [2.05, 4.69) is 0 Å². The van der Waals surface area contributed by atoms with Gasteiger partial charge in [0, 0.05) is 11.1 Å². The number of alkyl halides is 2. The SMILES string of the molecule is NC1(N)C=C(C(=O)c2ccccc2)C=CC1(Cl)Cl. The Morgan fingerprint density at radius 2 is 1.72 bits per heavy atom. The molecule has 0 aliphatic heterocycles. The number of Topliss-reactive ketones (excluding diaryl/α,β-unsaturated/α-hetero) is 1. The third-order valence-electron chi connectivity index (χ3n) is 2.74. The van der Waals surface area contributed by atoms with Gasteiger partial charge in [-0.3, -0.25) is 4.79 Å². The minimum absolute atomic E-state index is 0.170. The molecule has 0 spiro atoms. The first-order chi connectivity index (χ1) is 8.33. The van der Waals surface area contributed by atoms with Gasteiger partial charge in [-0.25, -0.2) is 0 Å². The summed E-state index contributed by atoms with van der Waals surface area (Å²) in [5, 5.41) is 0. The molecule has 0 saturated heterocycles. The van der Waals surface area contributed by atoms with Crippen LogP contribution in [0.5, 0.6) is 0 Å². The van der Waals surface area contributed by atoms with E-state index in [4.69, 9.17) is 34.7 Å². The molecular weight excluding hydrogens is 271 g/mol. The summed E-state index contributed by atoms with van der Waals surface area (Å²) >= 11 is 11.9. The van der Waals surface area contributed by atoms with E-state index >= 15 is 0 Å². The van der Waals surface area contributed by atoms with Crippen molar-refractivity contribution in [1.29, 1.82) is 0 Å². The quantitative estimate of drug-likeness (QED) is 0.496. The largest absolute Gasteiger partial charge is 0.307 e. The van der Waals surface area contributed by atoms with E-state index in [0.717, 1.165) is 0 Å². The fourth-order valence-corrected chi connectivity index (χ4v) is 1.87. The Hall–Kier alpha value is -1.13. The van der Waals surface area contributed by atoms with Crippen molar-refractivity contribution in [3.63, 3.8) is 0 Å². The topological polar surface area (TPSA) is 69.1 Å². The van der Waals surface area contributed by atoms with Crippen molar-refractivity contribution in [3.05, 3.63) is 59.7 Å². The summed E-state index contributed by atoms with van der Waals surface area (Å²) in [6.07, 6.45) is 4.35. The Kier molecular flexibility index (Phi) is 3.34. The minimum atomic E-state index is -1.48. The molecule has 0 unspecified atom stereocenters. The average molecular weight is 283 g/mol. The van der Waals surface area contributed by atoms with Crippen LogP contribution in [0.25, 0.3) is 0 Å². The zero-order chi connectivity index (χ0) is 13.4. The van der Waals surface area contributed by atoms with E-state index in [-0.39, 0.29) is 5.78 Å². The molecule has 2 rings (SSSR count). The van der Waals surface area contributed by atoms with E-state index in [1.54, 1.807) is 24.3 Å². The lowest BCUT2D eigenvalue weighted by molar-refractivity contribution is 0.103. The molecule has 1 aliphatic rings. The van der Waals surface area contributed by atoms with Crippen LogP contribution in [0.3, 0.4) is 0 Å². The molecule has 0 radical (unpaired) electrons. The van der Waals surface area contributed by atoms with Crippen molar-refractivity contribution in [2.75, 3.05) is 0 Å². The van der Waals surface area contributed by atoms with Crippen LogP contribution in [-0.2, 0) is 0 Å². The molecule has 0 fully saturated rings. The van der Waals surface area contributed by atoms with E-state index in [0.29, 0.717) is 11.1 Å². The number of allylic oxidation sites excluding steroid dienone is 2. The Labute approximate surface area is 115 Å². The van der Waals surface area contributed by atoms with Crippen molar-refractivity contribution in [2.45, 2.75) is 10.00 Å². The molecule has 3 nitrogen and oxygen atoms in total. The Bertz CT molecular complexity index is 533. The monoisotopic (exact) mass is 282 g/mol. The van der Waals surface area contributed by atoms with Gasteiger partial charge < -0.3 is 11.5 Å². The standard InChI is InChI=1S/C13H12Cl2N2O/c14-12(15)7-6-10(8-13(12,16)17)11(18)9-4-2-1-3-5-9/h1-8H,16-17H2. The van der Waals surface area contributed by atoms with Crippen molar-refractivity contribution < 1.29 is 4.79 Å². The van der Waals surface area contributed by atoms with Crippen molar-refractivity contribution in [2.24, 2.45) is 11.5 Å². The lowest BCUT2D eigenvalue weighted by Gasteiger charge is -2.34. The highest BCUT2D eigenvalue weighted by Crippen LogP contribution is 2.36. The first-order valence-electron chi connectivity index (χ1n) is 5.31. The van der Waals surface area contributed by atoms with Crippen LogP contribution in [0.4, 0.5) is 0 Å². The molecule has 18 heavy (non-hydrogen) atoms. The summed E-state index contributed by atoms with van der Waals surface area (Å²) in [5.74, 6) is -0.170. The molecule has 0 saturated carbocycles. The fourth-order valence-electron chi connectivity index (χ4n) is 1.64. The molecule has 0 amide bonds. The number of halogens is 2. The summed E-state index contributed by atoms with van der Waals surface area (Å²) < 4.78 is -1.42. The number of hydrogen-bond donors (Lipinski definition) is 2. The highest BCUT2D eigenvalue weighted by molar-refractivity contribution is 6.51. The number of carbonyl (C=O) groups excluding carboxylic acids is 1. The van der Waals surface area contributed by atoms with Gasteiger partial charge in [0.15, 0.2) is 10.1 Å². The molecule has 1 aliphatic carbocycles. The second-order valence-electron chi connectivity index (χ2n) is 4.18. The van der Waals surface area contributed by atoms with Crippen molar-refractivity contribution >= 4 is 29.0 Å². The maximum atomic E-state index is 12.2. The minimum Gasteiger partial charge on any atom is -0.307 e. The molecular formula is C13H12Cl2N2O. The van der Waals surface area contributed by atoms with Gasteiger partial charge >= 0.3 is 0 Å². The van der Waals surface area contributed by atoms with E-state index in [1.165, 1.54) is 18.2 Å². The highest BCUT2D eigenvalue weighted by atomic mass is 35.5. The summed E-state index contributed by atoms with van der Waals surface area (Å²) in [4.78, 5) is 12.2. The second-order valence-corrected chi connectivity index (χ2v) is 5.57. The number of rotatable bonds is 2. The zero-order valence-corrected chi connectivity index (χ0v) is 10.9. The van der Waals surface area contributed by atoms with E-state index in [9.17, 15) is 4.79 Å². The molecule has 1 aromatic rings. The third kappa shape index (κ3) is 2.35. The van der Waals surface area contributed by atoms with Crippen molar-refractivity contribution in [3.8, 4) is 0 Å². The van der Waals surface area contributed by atoms with E-state index < -0.39 is 10.00 Å². The summed E-state index contributed by atoms with van der Waals surface area (Å²) in [6, 6.07) is 8.84. The first kappa shape index (κ1) is 13.3. The molecule has 5 heteroatoms. The Morgan fingerprint density at radius 1 is 1.11 bits per heavy atom. The van der Waals surface area contributed by atoms with Crippen LogP contribution in [-0.4, -0.2) is 15.8 Å². The summed E-state index contributed by atoms with van der Waals surface area (Å²) in [5.41, 5.74) is 11.0. The number of nitrogens with two attached hydrogens (primary N) is 2. The second kappa shape index (κ2) is 4.52. The molecule has 0 bridgehead atoms. The normalized spacial score (nSPS) is 20.3. The van der Waals surface area contributed by atoms with Gasteiger partial charge in [0.05, 0.1) is 0 Å². The van der Waals surface area contributed by atoms with Crippen LogP contribution in [0.2, 0.25) is 0 Å². The molecule has 94 valence electrons. The number of ketones is 1. The lowest BCUT2D eigenvalue weighted by atomic mass is 9.92. The van der Waals surface area contributed by atoms with Gasteiger partial charge in [0.2, 0.25) is 0 Å². The number of hydrogen-bond acceptors (Lipinski definition) is 3. The van der Waals surface area contributed by atoms with Gasteiger partial charge in [-0.15, -0.1) is 0 Å². The zero-order valence-electron chi connectivity index (χ0n) is 9.44. The predicted octanol–water partition coefficient (Wildman–Crippen LogP) is 2.15. The number of benzene rings is 1. The maximum absolute atomic E-state index is 12.2. The molecule has 0 heterocycles. The van der Waals surface area contributed by atoms with E-state index in [1.807, 2.05) is 6.07 Å². The highest BCUT2D eigenvalue weighted by Gasteiger charge is 2.42. The third-order valence-corrected chi connectivity index (χ3v) is 3.65. The first-order valence-corrected chi connectivity index (χ1v) is 6.06. The van der Waals surface area contributed by atoms with Crippen LogP contribution in [0, 0.1) is 0 Å². The fraction of sp³-hybridized carbons (Fsp3) is 0.154. The molecule has 4 N–H and O–H groups in total.